The Morgan fingerprint density at radius 1 is 1.50 bits per heavy atom. The van der Waals surface area contributed by atoms with Crippen LogP contribution in [0.25, 0.3) is 11.0 Å². The van der Waals surface area contributed by atoms with Crippen LogP contribution in [0.2, 0.25) is 0 Å². The first kappa shape index (κ1) is 14.5. The van der Waals surface area contributed by atoms with Gasteiger partial charge >= 0.3 is 0 Å². The molecule has 1 unspecified atom stereocenters. The summed E-state index contributed by atoms with van der Waals surface area (Å²) in [5.41, 5.74) is 1.79. The second-order valence-corrected chi connectivity index (χ2v) is 4.59. The molecule has 2 rings (SSSR count). The van der Waals surface area contributed by atoms with Crippen LogP contribution in [-0.2, 0) is 16.1 Å². The molecule has 0 aliphatic carbocycles. The molecular formula is C14H19N3O3. The summed E-state index contributed by atoms with van der Waals surface area (Å²) in [6, 6.07) is 7.49. The number of hydrogen-bond acceptors (Lipinski definition) is 4. The monoisotopic (exact) mass is 277 g/mol. The number of methoxy groups -OCH3 is 1. The number of amides is 1. The number of aromatic nitrogens is 2. The van der Waals surface area contributed by atoms with Crippen LogP contribution in [0.15, 0.2) is 30.6 Å². The molecule has 0 aliphatic rings. The molecule has 0 radical (unpaired) electrons. The van der Waals surface area contributed by atoms with Crippen molar-refractivity contribution < 1.29 is 14.6 Å². The first-order chi connectivity index (χ1) is 9.74. The van der Waals surface area contributed by atoms with E-state index in [0.717, 1.165) is 11.0 Å². The zero-order chi connectivity index (χ0) is 14.4. The van der Waals surface area contributed by atoms with Crippen molar-refractivity contribution in [3.8, 4) is 0 Å². The van der Waals surface area contributed by atoms with Crippen molar-refractivity contribution in [1.82, 2.24) is 14.9 Å². The fourth-order valence-electron chi connectivity index (χ4n) is 2.12. The highest BCUT2D eigenvalue weighted by atomic mass is 16.5. The van der Waals surface area contributed by atoms with E-state index in [4.69, 9.17) is 9.84 Å². The van der Waals surface area contributed by atoms with Gasteiger partial charge in [-0.1, -0.05) is 12.1 Å². The SMILES string of the molecule is COCC(CCO)NC(=O)Cn1cnc2ccccc21. The average Bonchev–Trinajstić information content (AvgIpc) is 2.83. The van der Waals surface area contributed by atoms with Gasteiger partial charge in [0.25, 0.3) is 0 Å². The molecule has 2 aromatic rings. The summed E-state index contributed by atoms with van der Waals surface area (Å²) in [6.07, 6.45) is 2.13. The Balaban J connectivity index is 2.00. The highest BCUT2D eigenvalue weighted by Gasteiger charge is 2.13. The summed E-state index contributed by atoms with van der Waals surface area (Å²) < 4.78 is 6.82. The first-order valence-electron chi connectivity index (χ1n) is 6.53. The number of imidazole rings is 1. The van der Waals surface area contributed by atoms with E-state index in [-0.39, 0.29) is 25.1 Å². The maximum absolute atomic E-state index is 12.0. The summed E-state index contributed by atoms with van der Waals surface area (Å²) in [4.78, 5) is 16.3. The molecule has 1 amide bonds. The number of aliphatic hydroxyl groups excluding tert-OH is 1. The number of rotatable bonds is 7. The molecule has 6 heteroatoms. The van der Waals surface area contributed by atoms with Gasteiger partial charge in [-0.15, -0.1) is 0 Å². The second-order valence-electron chi connectivity index (χ2n) is 4.59. The van der Waals surface area contributed by atoms with E-state index < -0.39 is 0 Å². The van der Waals surface area contributed by atoms with E-state index in [2.05, 4.69) is 10.3 Å². The Morgan fingerprint density at radius 3 is 3.05 bits per heavy atom. The molecule has 0 bridgehead atoms. The van der Waals surface area contributed by atoms with Crippen molar-refractivity contribution in [3.63, 3.8) is 0 Å². The van der Waals surface area contributed by atoms with Gasteiger partial charge in [-0.2, -0.15) is 0 Å². The number of para-hydroxylation sites is 2. The van der Waals surface area contributed by atoms with Gasteiger partial charge in [0.2, 0.25) is 5.91 Å². The Morgan fingerprint density at radius 2 is 2.30 bits per heavy atom. The number of hydrogen-bond donors (Lipinski definition) is 2. The van der Waals surface area contributed by atoms with Crippen molar-refractivity contribution in [3.05, 3.63) is 30.6 Å². The zero-order valence-corrected chi connectivity index (χ0v) is 11.5. The molecule has 0 saturated heterocycles. The molecule has 1 atom stereocenters. The minimum absolute atomic E-state index is 0.0162. The van der Waals surface area contributed by atoms with Gasteiger partial charge < -0.3 is 19.7 Å². The normalized spacial score (nSPS) is 12.5. The second kappa shape index (κ2) is 7.02. The summed E-state index contributed by atoms with van der Waals surface area (Å²) >= 11 is 0. The van der Waals surface area contributed by atoms with Crippen molar-refractivity contribution in [2.45, 2.75) is 19.0 Å². The molecule has 2 N–H and O–H groups in total. The van der Waals surface area contributed by atoms with E-state index in [0.29, 0.717) is 13.0 Å². The van der Waals surface area contributed by atoms with Crippen LogP contribution < -0.4 is 5.32 Å². The number of fused-ring (bicyclic) bond motifs is 1. The number of ether oxygens (including phenoxy) is 1. The number of carbonyl (C=O) groups is 1. The topological polar surface area (TPSA) is 76.4 Å². The summed E-state index contributed by atoms with van der Waals surface area (Å²) in [5, 5.41) is 11.8. The van der Waals surface area contributed by atoms with Crippen molar-refractivity contribution >= 4 is 16.9 Å². The van der Waals surface area contributed by atoms with Crippen molar-refractivity contribution in [1.29, 1.82) is 0 Å². The molecule has 0 saturated carbocycles. The fourth-order valence-corrected chi connectivity index (χ4v) is 2.12. The van der Waals surface area contributed by atoms with E-state index in [1.807, 2.05) is 24.3 Å². The third-order valence-corrected chi connectivity index (χ3v) is 3.05. The van der Waals surface area contributed by atoms with E-state index in [1.165, 1.54) is 0 Å². The lowest BCUT2D eigenvalue weighted by Crippen LogP contribution is -2.40. The van der Waals surface area contributed by atoms with Gasteiger partial charge in [-0.3, -0.25) is 4.79 Å². The summed E-state index contributed by atoms with van der Waals surface area (Å²) in [7, 11) is 1.57. The van der Waals surface area contributed by atoms with Crippen LogP contribution in [0.1, 0.15) is 6.42 Å². The number of aliphatic hydroxyl groups is 1. The lowest BCUT2D eigenvalue weighted by Gasteiger charge is -2.17. The predicted molar refractivity (Wildman–Crippen MR) is 75.2 cm³/mol. The van der Waals surface area contributed by atoms with Gasteiger partial charge in [0.05, 0.1) is 30.0 Å². The quantitative estimate of drug-likeness (QED) is 0.775. The fraction of sp³-hybridized carbons (Fsp3) is 0.429. The highest BCUT2D eigenvalue weighted by Crippen LogP contribution is 2.11. The Hall–Kier alpha value is -1.92. The number of nitrogens with zero attached hydrogens (tertiary/aromatic N) is 2. The molecular weight excluding hydrogens is 258 g/mol. The predicted octanol–water partition coefficient (Wildman–Crippen LogP) is 0.550. The molecule has 0 fully saturated rings. The van der Waals surface area contributed by atoms with Crippen molar-refractivity contribution in [2.24, 2.45) is 0 Å². The number of benzene rings is 1. The third-order valence-electron chi connectivity index (χ3n) is 3.05. The lowest BCUT2D eigenvalue weighted by atomic mass is 10.2. The van der Waals surface area contributed by atoms with E-state index in [1.54, 1.807) is 18.0 Å². The smallest absolute Gasteiger partial charge is 0.240 e. The molecule has 108 valence electrons. The third kappa shape index (κ3) is 3.55. The molecule has 0 spiro atoms. The van der Waals surface area contributed by atoms with Crippen LogP contribution in [-0.4, -0.2) is 46.9 Å². The van der Waals surface area contributed by atoms with Crippen LogP contribution >= 0.6 is 0 Å². The average molecular weight is 277 g/mol. The van der Waals surface area contributed by atoms with Crippen LogP contribution in [0.5, 0.6) is 0 Å². The number of carbonyl (C=O) groups excluding carboxylic acids is 1. The maximum Gasteiger partial charge on any atom is 0.240 e. The van der Waals surface area contributed by atoms with E-state index in [9.17, 15) is 4.79 Å². The molecule has 6 nitrogen and oxygen atoms in total. The van der Waals surface area contributed by atoms with E-state index >= 15 is 0 Å². The molecule has 1 aromatic carbocycles. The maximum atomic E-state index is 12.0. The Kier molecular flexibility index (Phi) is 5.09. The molecule has 1 aromatic heterocycles. The zero-order valence-electron chi connectivity index (χ0n) is 11.5. The highest BCUT2D eigenvalue weighted by molar-refractivity contribution is 5.80. The standard InChI is InChI=1S/C14H19N3O3/c1-20-9-11(6-7-18)16-14(19)8-17-10-15-12-4-2-3-5-13(12)17/h2-5,10-11,18H,6-9H2,1H3,(H,16,19). The van der Waals surface area contributed by atoms with Gasteiger partial charge in [0, 0.05) is 13.7 Å². The first-order valence-corrected chi connectivity index (χ1v) is 6.53. The number of nitrogens with one attached hydrogen (secondary N) is 1. The van der Waals surface area contributed by atoms with Gasteiger partial charge in [-0.25, -0.2) is 4.98 Å². The van der Waals surface area contributed by atoms with Crippen LogP contribution in [0.3, 0.4) is 0 Å². The summed E-state index contributed by atoms with van der Waals surface area (Å²) in [5.74, 6) is -0.122. The lowest BCUT2D eigenvalue weighted by molar-refractivity contribution is -0.122. The summed E-state index contributed by atoms with van der Waals surface area (Å²) in [6.45, 7) is 0.603. The molecule has 20 heavy (non-hydrogen) atoms. The minimum Gasteiger partial charge on any atom is -0.396 e. The van der Waals surface area contributed by atoms with Gasteiger partial charge in [-0.05, 0) is 18.6 Å². The van der Waals surface area contributed by atoms with Crippen LogP contribution in [0, 0.1) is 0 Å². The largest absolute Gasteiger partial charge is 0.396 e. The van der Waals surface area contributed by atoms with Gasteiger partial charge in [0.1, 0.15) is 6.54 Å². The minimum atomic E-state index is -0.174. The van der Waals surface area contributed by atoms with Crippen LogP contribution in [0.4, 0.5) is 0 Å². The van der Waals surface area contributed by atoms with Gasteiger partial charge in [0.15, 0.2) is 0 Å². The molecule has 0 aliphatic heterocycles. The Bertz CT molecular complexity index is 562. The Labute approximate surface area is 117 Å². The van der Waals surface area contributed by atoms with Crippen molar-refractivity contribution in [2.75, 3.05) is 20.3 Å². The molecule has 1 heterocycles.